The number of hydrogen-bond acceptors (Lipinski definition) is 6. The van der Waals surface area contributed by atoms with Gasteiger partial charge in [0.2, 0.25) is 0 Å². The van der Waals surface area contributed by atoms with E-state index < -0.39 is 5.97 Å². The van der Waals surface area contributed by atoms with Crippen LogP contribution >= 0.6 is 0 Å². The highest BCUT2D eigenvalue weighted by Crippen LogP contribution is 2.24. The molecule has 3 rings (SSSR count). The van der Waals surface area contributed by atoms with Crippen LogP contribution in [-0.4, -0.2) is 39.6 Å². The second-order valence-electron chi connectivity index (χ2n) is 5.39. The van der Waals surface area contributed by atoms with Gasteiger partial charge in [-0.05, 0) is 30.8 Å². The van der Waals surface area contributed by atoms with Crippen molar-refractivity contribution in [1.82, 2.24) is 20.3 Å². The van der Waals surface area contributed by atoms with E-state index in [2.05, 4.69) is 25.6 Å². The first-order valence-corrected chi connectivity index (χ1v) is 7.59. The molecule has 0 fully saturated rings. The summed E-state index contributed by atoms with van der Waals surface area (Å²) in [4.78, 5) is 23.8. The van der Waals surface area contributed by atoms with Crippen LogP contribution in [-0.2, 0) is 0 Å². The van der Waals surface area contributed by atoms with E-state index in [0.29, 0.717) is 17.9 Å². The molecule has 8 heteroatoms. The number of nitrogens with one attached hydrogen (secondary N) is 2. The summed E-state index contributed by atoms with van der Waals surface area (Å²) in [5.74, 6) is -1.04. The molecule has 0 amide bonds. The Hall–Kier alpha value is -3.13. The zero-order valence-corrected chi connectivity index (χ0v) is 13.4. The normalized spacial score (nSPS) is 12.1. The van der Waals surface area contributed by atoms with Crippen molar-refractivity contribution in [3.63, 3.8) is 0 Å². The van der Waals surface area contributed by atoms with Crippen LogP contribution in [0.4, 0.5) is 10.2 Å². The molecule has 7 nitrogen and oxygen atoms in total. The zero-order valence-electron chi connectivity index (χ0n) is 13.4. The molecule has 0 bridgehead atoms. The molecule has 128 valence electrons. The van der Waals surface area contributed by atoms with Gasteiger partial charge in [0.1, 0.15) is 23.2 Å². The lowest BCUT2D eigenvalue weighted by Gasteiger charge is -2.20. The van der Waals surface area contributed by atoms with Gasteiger partial charge in [-0.3, -0.25) is 4.98 Å². The third kappa shape index (κ3) is 3.53. The van der Waals surface area contributed by atoms with Crippen LogP contribution < -0.4 is 10.6 Å². The monoisotopic (exact) mass is 341 g/mol. The summed E-state index contributed by atoms with van der Waals surface area (Å²) < 4.78 is 13.5. The van der Waals surface area contributed by atoms with Gasteiger partial charge in [0.05, 0.1) is 11.6 Å². The number of aromatic carboxylic acids is 1. The van der Waals surface area contributed by atoms with Crippen LogP contribution in [0.3, 0.4) is 0 Å². The summed E-state index contributed by atoms with van der Waals surface area (Å²) in [6.45, 7) is 0.508. The number of likely N-dealkylation sites (N-methyl/N-ethyl adjacent to an activating group) is 1. The average molecular weight is 341 g/mol. The lowest BCUT2D eigenvalue weighted by atomic mass is 10.1. The summed E-state index contributed by atoms with van der Waals surface area (Å²) >= 11 is 0. The summed E-state index contributed by atoms with van der Waals surface area (Å²) in [5, 5.41) is 15.5. The van der Waals surface area contributed by atoms with E-state index in [9.17, 15) is 14.3 Å². The standard InChI is InChI=1S/C17H16FN5O2/c1-19-8-13(10-3-2-4-11(18)7-10)23-16-15-14(21-9-22-16)12(17(24)25)5-6-20-15/h2-7,9,13,19H,8H2,1H3,(H,24,25)(H,21,22,23)/t13-/m1/s1. The van der Waals surface area contributed by atoms with Crippen LogP contribution in [0.25, 0.3) is 11.0 Å². The second kappa shape index (κ2) is 7.18. The van der Waals surface area contributed by atoms with E-state index >= 15 is 0 Å². The molecule has 0 aliphatic carbocycles. The number of fused-ring (bicyclic) bond motifs is 1. The zero-order chi connectivity index (χ0) is 17.8. The van der Waals surface area contributed by atoms with Crippen LogP contribution in [0, 0.1) is 5.82 Å². The number of benzene rings is 1. The van der Waals surface area contributed by atoms with Gasteiger partial charge in [0.25, 0.3) is 0 Å². The van der Waals surface area contributed by atoms with E-state index in [1.165, 1.54) is 30.7 Å². The van der Waals surface area contributed by atoms with Crippen molar-refractivity contribution in [2.75, 3.05) is 18.9 Å². The van der Waals surface area contributed by atoms with Crippen molar-refractivity contribution in [2.24, 2.45) is 0 Å². The second-order valence-corrected chi connectivity index (χ2v) is 5.39. The van der Waals surface area contributed by atoms with Crippen LogP contribution in [0.1, 0.15) is 22.0 Å². The predicted octanol–water partition coefficient (Wildman–Crippen LogP) is 2.23. The lowest BCUT2D eigenvalue weighted by molar-refractivity contribution is 0.0698. The van der Waals surface area contributed by atoms with E-state index in [1.807, 2.05) is 0 Å². The Bertz CT molecular complexity index is 918. The smallest absolute Gasteiger partial charge is 0.338 e. The number of anilines is 1. The Kier molecular flexibility index (Phi) is 4.80. The average Bonchev–Trinajstić information content (AvgIpc) is 2.61. The lowest BCUT2D eigenvalue weighted by Crippen LogP contribution is -2.24. The fraction of sp³-hybridized carbons (Fsp3) is 0.176. The first-order valence-electron chi connectivity index (χ1n) is 7.59. The van der Waals surface area contributed by atoms with Gasteiger partial charge in [-0.2, -0.15) is 0 Å². The molecule has 0 aliphatic rings. The highest BCUT2D eigenvalue weighted by Gasteiger charge is 2.17. The third-order valence-corrected chi connectivity index (χ3v) is 3.72. The maximum atomic E-state index is 13.5. The van der Waals surface area contributed by atoms with Crippen molar-refractivity contribution in [3.8, 4) is 0 Å². The number of nitrogens with zero attached hydrogens (tertiary/aromatic N) is 3. The van der Waals surface area contributed by atoms with E-state index in [4.69, 9.17) is 0 Å². The molecule has 25 heavy (non-hydrogen) atoms. The molecule has 0 aliphatic heterocycles. The number of carboxylic acids is 1. The third-order valence-electron chi connectivity index (χ3n) is 3.72. The van der Waals surface area contributed by atoms with Crippen molar-refractivity contribution >= 4 is 22.8 Å². The van der Waals surface area contributed by atoms with Crippen molar-refractivity contribution < 1.29 is 14.3 Å². The highest BCUT2D eigenvalue weighted by molar-refractivity contribution is 6.02. The number of hydrogen-bond donors (Lipinski definition) is 3. The number of pyridine rings is 1. The van der Waals surface area contributed by atoms with Gasteiger partial charge in [-0.25, -0.2) is 19.2 Å². The Morgan fingerprint density at radius 2 is 2.08 bits per heavy atom. The minimum absolute atomic E-state index is 0.0476. The molecule has 0 saturated heterocycles. The Balaban J connectivity index is 2.03. The Morgan fingerprint density at radius 3 is 2.80 bits per heavy atom. The SMILES string of the molecule is CNC[C@@H](Nc1ncnc2c(C(=O)O)ccnc12)c1cccc(F)c1. The Labute approximate surface area is 143 Å². The fourth-order valence-corrected chi connectivity index (χ4v) is 2.59. The molecule has 3 aromatic rings. The maximum absolute atomic E-state index is 13.5. The molecule has 0 unspecified atom stereocenters. The van der Waals surface area contributed by atoms with E-state index in [1.54, 1.807) is 19.2 Å². The first-order chi connectivity index (χ1) is 12.1. The van der Waals surface area contributed by atoms with Crippen LogP contribution in [0.2, 0.25) is 0 Å². The predicted molar refractivity (Wildman–Crippen MR) is 91.0 cm³/mol. The molecular formula is C17H16FN5O2. The first kappa shape index (κ1) is 16.7. The van der Waals surface area contributed by atoms with Crippen molar-refractivity contribution in [3.05, 3.63) is 59.8 Å². The molecule has 0 saturated carbocycles. The summed E-state index contributed by atoms with van der Waals surface area (Å²) in [7, 11) is 1.78. The van der Waals surface area contributed by atoms with Crippen LogP contribution in [0.15, 0.2) is 42.9 Å². The maximum Gasteiger partial charge on any atom is 0.338 e. The van der Waals surface area contributed by atoms with Gasteiger partial charge in [-0.1, -0.05) is 12.1 Å². The largest absolute Gasteiger partial charge is 0.478 e. The van der Waals surface area contributed by atoms with Gasteiger partial charge in [0, 0.05) is 12.7 Å². The van der Waals surface area contributed by atoms with Crippen molar-refractivity contribution in [2.45, 2.75) is 6.04 Å². The van der Waals surface area contributed by atoms with Gasteiger partial charge in [-0.15, -0.1) is 0 Å². The Morgan fingerprint density at radius 1 is 1.24 bits per heavy atom. The molecular weight excluding hydrogens is 325 g/mol. The number of halogens is 1. The fourth-order valence-electron chi connectivity index (χ4n) is 2.59. The van der Waals surface area contributed by atoms with Crippen molar-refractivity contribution in [1.29, 1.82) is 0 Å². The molecule has 2 heterocycles. The molecule has 0 spiro atoms. The number of aromatic nitrogens is 3. The molecule has 2 aromatic heterocycles. The van der Waals surface area contributed by atoms with Gasteiger partial charge < -0.3 is 15.7 Å². The number of carboxylic acid groups (broad SMARTS) is 1. The minimum Gasteiger partial charge on any atom is -0.478 e. The summed E-state index contributed by atoms with van der Waals surface area (Å²) in [6, 6.07) is 7.36. The molecule has 1 aromatic carbocycles. The topological polar surface area (TPSA) is 100 Å². The number of rotatable bonds is 6. The summed E-state index contributed by atoms with van der Waals surface area (Å²) in [6.07, 6.45) is 2.68. The highest BCUT2D eigenvalue weighted by atomic mass is 19.1. The summed E-state index contributed by atoms with van der Waals surface area (Å²) in [5.41, 5.74) is 1.37. The molecule has 1 atom stereocenters. The van der Waals surface area contributed by atoms with E-state index in [-0.39, 0.29) is 22.9 Å². The van der Waals surface area contributed by atoms with Gasteiger partial charge in [0.15, 0.2) is 5.82 Å². The minimum atomic E-state index is -1.09. The number of carbonyl (C=O) groups is 1. The quantitative estimate of drug-likeness (QED) is 0.632. The molecule has 3 N–H and O–H groups in total. The van der Waals surface area contributed by atoms with E-state index in [0.717, 1.165) is 5.56 Å². The van der Waals surface area contributed by atoms with Crippen LogP contribution in [0.5, 0.6) is 0 Å². The molecule has 0 radical (unpaired) electrons. The van der Waals surface area contributed by atoms with Gasteiger partial charge >= 0.3 is 5.97 Å².